The maximum absolute atomic E-state index is 12.6. The van der Waals surface area contributed by atoms with E-state index in [1.54, 1.807) is 12.0 Å². The molecule has 0 bridgehead atoms. The smallest absolute Gasteiger partial charge is 0.227 e. The predicted molar refractivity (Wildman–Crippen MR) is 89.0 cm³/mol. The van der Waals surface area contributed by atoms with Crippen LogP contribution in [0.3, 0.4) is 0 Å². The van der Waals surface area contributed by atoms with Crippen LogP contribution in [0.4, 0.5) is 0 Å². The Bertz CT molecular complexity index is 673. The maximum atomic E-state index is 12.6. The Balaban J connectivity index is 2.05. The van der Waals surface area contributed by atoms with Crippen LogP contribution in [0.15, 0.2) is 18.2 Å². The van der Waals surface area contributed by atoms with E-state index in [2.05, 4.69) is 0 Å². The number of amides is 1. The third-order valence-electron chi connectivity index (χ3n) is 4.05. The fourth-order valence-corrected chi connectivity index (χ4v) is 3.67. The number of carbonyl (C=O) groups is 1. The molecule has 1 aromatic rings. The molecule has 1 aliphatic heterocycles. The monoisotopic (exact) mass is 340 g/mol. The summed E-state index contributed by atoms with van der Waals surface area (Å²) in [5.41, 5.74) is 1.94. The molecule has 128 valence electrons. The van der Waals surface area contributed by atoms with Crippen LogP contribution in [0.2, 0.25) is 0 Å². The molecule has 0 aromatic heterocycles. The van der Waals surface area contributed by atoms with Crippen LogP contribution >= 0.6 is 0 Å². The average molecular weight is 340 g/mol. The minimum absolute atomic E-state index is 0.00394. The molecule has 0 radical (unpaired) electrons. The lowest BCUT2D eigenvalue weighted by Gasteiger charge is -2.21. The first-order valence-electron chi connectivity index (χ1n) is 7.67. The summed E-state index contributed by atoms with van der Waals surface area (Å²) in [6.07, 6.45) is 2.13. The number of sulfonamides is 1. The second-order valence-corrected chi connectivity index (χ2v) is 7.87. The molecule has 0 N–H and O–H groups in total. The Morgan fingerprint density at radius 2 is 1.96 bits per heavy atom. The first-order valence-corrected chi connectivity index (χ1v) is 9.52. The van der Waals surface area contributed by atoms with Crippen molar-refractivity contribution in [3.05, 3.63) is 29.3 Å². The van der Waals surface area contributed by atoms with Gasteiger partial charge < -0.3 is 9.64 Å². The number of methoxy groups -OCH3 is 1. The summed E-state index contributed by atoms with van der Waals surface area (Å²) in [7, 11) is -1.61. The third-order valence-corrected chi connectivity index (χ3v) is 5.36. The molecule has 0 aliphatic carbocycles. The third kappa shape index (κ3) is 4.68. The van der Waals surface area contributed by atoms with E-state index in [-0.39, 0.29) is 12.3 Å². The minimum atomic E-state index is -3.20. The highest BCUT2D eigenvalue weighted by atomic mass is 32.2. The van der Waals surface area contributed by atoms with Crippen molar-refractivity contribution in [1.29, 1.82) is 0 Å². The van der Waals surface area contributed by atoms with Gasteiger partial charge in [-0.1, -0.05) is 17.7 Å². The summed E-state index contributed by atoms with van der Waals surface area (Å²) in [5, 5.41) is 0. The topological polar surface area (TPSA) is 66.9 Å². The highest BCUT2D eigenvalue weighted by molar-refractivity contribution is 7.88. The van der Waals surface area contributed by atoms with E-state index in [1.165, 1.54) is 10.6 Å². The van der Waals surface area contributed by atoms with Crippen LogP contribution < -0.4 is 4.74 Å². The Kier molecular flexibility index (Phi) is 5.64. The molecule has 1 saturated heterocycles. The summed E-state index contributed by atoms with van der Waals surface area (Å²) in [6, 6.07) is 5.77. The van der Waals surface area contributed by atoms with E-state index in [0.29, 0.717) is 38.3 Å². The molecule has 1 amide bonds. The first-order chi connectivity index (χ1) is 10.8. The molecule has 23 heavy (non-hydrogen) atoms. The van der Waals surface area contributed by atoms with Gasteiger partial charge in [0.15, 0.2) is 0 Å². The van der Waals surface area contributed by atoms with E-state index < -0.39 is 10.0 Å². The average Bonchev–Trinajstić information content (AvgIpc) is 2.73. The Labute approximate surface area is 138 Å². The summed E-state index contributed by atoms with van der Waals surface area (Å²) in [6.45, 7) is 3.81. The van der Waals surface area contributed by atoms with Crippen molar-refractivity contribution in [2.45, 2.75) is 19.8 Å². The van der Waals surface area contributed by atoms with E-state index in [4.69, 9.17) is 4.74 Å². The lowest BCUT2D eigenvalue weighted by atomic mass is 10.1. The van der Waals surface area contributed by atoms with Crippen LogP contribution in [-0.2, 0) is 21.2 Å². The van der Waals surface area contributed by atoms with E-state index in [1.807, 2.05) is 25.1 Å². The molecule has 0 unspecified atom stereocenters. The van der Waals surface area contributed by atoms with Gasteiger partial charge in [-0.15, -0.1) is 0 Å². The van der Waals surface area contributed by atoms with Gasteiger partial charge in [0.05, 0.1) is 19.8 Å². The highest BCUT2D eigenvalue weighted by Crippen LogP contribution is 2.21. The van der Waals surface area contributed by atoms with Crippen molar-refractivity contribution in [3.63, 3.8) is 0 Å². The fraction of sp³-hybridized carbons (Fsp3) is 0.562. The number of aryl methyl sites for hydroxylation is 1. The van der Waals surface area contributed by atoms with Gasteiger partial charge in [0.2, 0.25) is 15.9 Å². The summed E-state index contributed by atoms with van der Waals surface area (Å²) in [4.78, 5) is 14.3. The van der Waals surface area contributed by atoms with Crippen molar-refractivity contribution in [2.24, 2.45) is 0 Å². The van der Waals surface area contributed by atoms with Crippen LogP contribution in [0, 0.1) is 6.92 Å². The van der Waals surface area contributed by atoms with Crippen LogP contribution in [0.25, 0.3) is 0 Å². The van der Waals surface area contributed by atoms with Crippen molar-refractivity contribution < 1.29 is 17.9 Å². The Morgan fingerprint density at radius 3 is 2.61 bits per heavy atom. The van der Waals surface area contributed by atoms with Crippen LogP contribution in [0.1, 0.15) is 17.5 Å². The van der Waals surface area contributed by atoms with Gasteiger partial charge in [-0.25, -0.2) is 12.7 Å². The zero-order valence-corrected chi connectivity index (χ0v) is 14.7. The van der Waals surface area contributed by atoms with Gasteiger partial charge in [-0.3, -0.25) is 4.79 Å². The van der Waals surface area contributed by atoms with Gasteiger partial charge in [-0.05, 0) is 19.4 Å². The lowest BCUT2D eigenvalue weighted by Crippen LogP contribution is -2.37. The molecule has 7 heteroatoms. The van der Waals surface area contributed by atoms with Crippen molar-refractivity contribution >= 4 is 15.9 Å². The summed E-state index contributed by atoms with van der Waals surface area (Å²) < 4.78 is 30.0. The number of ether oxygens (including phenoxy) is 1. The molecule has 1 aliphatic rings. The second-order valence-electron chi connectivity index (χ2n) is 5.89. The molecule has 1 aromatic carbocycles. The standard InChI is InChI=1S/C16H24N2O4S/c1-13-5-6-15(22-2)14(11-13)12-16(19)17-7-4-8-18(10-9-17)23(3,20)21/h5-6,11H,4,7-10,12H2,1-3H3. The van der Waals surface area contributed by atoms with E-state index in [0.717, 1.165) is 11.1 Å². The maximum Gasteiger partial charge on any atom is 0.227 e. The van der Waals surface area contributed by atoms with Gasteiger partial charge >= 0.3 is 0 Å². The fourth-order valence-electron chi connectivity index (χ4n) is 2.80. The summed E-state index contributed by atoms with van der Waals surface area (Å²) in [5.74, 6) is 0.709. The summed E-state index contributed by atoms with van der Waals surface area (Å²) >= 11 is 0. The molecule has 0 atom stereocenters. The number of rotatable bonds is 4. The number of carbonyl (C=O) groups excluding carboxylic acids is 1. The normalized spacial score (nSPS) is 16.9. The molecule has 1 heterocycles. The van der Waals surface area contributed by atoms with Crippen molar-refractivity contribution in [1.82, 2.24) is 9.21 Å². The van der Waals surface area contributed by atoms with E-state index in [9.17, 15) is 13.2 Å². The van der Waals surface area contributed by atoms with E-state index >= 15 is 0 Å². The van der Waals surface area contributed by atoms with Gasteiger partial charge in [-0.2, -0.15) is 0 Å². The Hall–Kier alpha value is -1.60. The molecule has 1 fully saturated rings. The number of hydrogen-bond acceptors (Lipinski definition) is 4. The number of hydrogen-bond donors (Lipinski definition) is 0. The number of benzene rings is 1. The van der Waals surface area contributed by atoms with Gasteiger partial charge in [0.1, 0.15) is 5.75 Å². The SMILES string of the molecule is COc1ccc(C)cc1CC(=O)N1CCCN(S(C)(=O)=O)CC1. The van der Waals surface area contributed by atoms with Gasteiger partial charge in [0.25, 0.3) is 0 Å². The Morgan fingerprint density at radius 1 is 1.22 bits per heavy atom. The largest absolute Gasteiger partial charge is 0.496 e. The first kappa shape index (κ1) is 17.7. The van der Waals surface area contributed by atoms with Crippen LogP contribution in [0.5, 0.6) is 5.75 Å². The molecular formula is C16H24N2O4S. The quantitative estimate of drug-likeness (QED) is 0.821. The number of nitrogens with zero attached hydrogens (tertiary/aromatic N) is 2. The molecular weight excluding hydrogens is 316 g/mol. The molecule has 2 rings (SSSR count). The lowest BCUT2D eigenvalue weighted by molar-refractivity contribution is -0.130. The van der Waals surface area contributed by atoms with Gasteiger partial charge in [0, 0.05) is 31.7 Å². The molecule has 0 spiro atoms. The second kappa shape index (κ2) is 7.31. The van der Waals surface area contributed by atoms with Crippen molar-refractivity contribution in [3.8, 4) is 5.75 Å². The molecule has 0 saturated carbocycles. The predicted octanol–water partition coefficient (Wildman–Crippen LogP) is 1.04. The zero-order valence-electron chi connectivity index (χ0n) is 13.9. The molecule has 6 nitrogen and oxygen atoms in total. The van der Waals surface area contributed by atoms with Crippen LogP contribution in [-0.4, -0.2) is 63.1 Å². The highest BCUT2D eigenvalue weighted by Gasteiger charge is 2.24. The zero-order chi connectivity index (χ0) is 17.0. The minimum Gasteiger partial charge on any atom is -0.496 e. The van der Waals surface area contributed by atoms with Crippen molar-refractivity contribution in [2.75, 3.05) is 39.5 Å².